The molecular weight excluding hydrogens is 321 g/mol. The average Bonchev–Trinajstić information content (AvgIpc) is 2.08. The summed E-state index contributed by atoms with van der Waals surface area (Å²) < 4.78 is 0. The smallest absolute Gasteiger partial charge is 0.0431 e. The molecule has 0 amide bonds. The van der Waals surface area contributed by atoms with Crippen LogP contribution in [0.4, 0.5) is 0 Å². The summed E-state index contributed by atoms with van der Waals surface area (Å²) >= 11 is 0. The maximum absolute atomic E-state index is 8.60. The Bertz CT molecular complexity index is 124. The molecule has 0 aromatic heterocycles. The van der Waals surface area contributed by atoms with E-state index in [1.807, 2.05) is 0 Å². The fraction of sp³-hybridized carbons (Fsp3) is 1.00. The molecule has 3 heteroatoms. The second-order valence-corrected chi connectivity index (χ2v) is 5.51. The molecule has 0 bridgehead atoms. The molecule has 0 atom stereocenters. The minimum Gasteiger partial charge on any atom is -0.396 e. The van der Waals surface area contributed by atoms with Crippen LogP contribution in [0.1, 0.15) is 72.1 Å². The van der Waals surface area contributed by atoms with E-state index >= 15 is 0 Å². The molecule has 0 unspecified atom stereocenters. The normalized spacial score (nSPS) is 10.5. The predicted molar refractivity (Wildman–Crippen MR) is 63.5 cm³/mol. The van der Waals surface area contributed by atoms with Crippen LogP contribution in [0.2, 0.25) is 0 Å². The van der Waals surface area contributed by atoms with Crippen LogP contribution in [-0.4, -0.2) is 11.7 Å². The summed E-state index contributed by atoms with van der Waals surface area (Å²) in [5, 5.41) is 8.60. The monoisotopic (exact) mass is 350 g/mol. The van der Waals surface area contributed by atoms with Crippen LogP contribution >= 0.6 is 0 Å². The third-order valence-electron chi connectivity index (χ3n) is 2.58. The van der Waals surface area contributed by atoms with Gasteiger partial charge in [0.05, 0.1) is 0 Å². The summed E-state index contributed by atoms with van der Waals surface area (Å²) in [5.41, 5.74) is 0.511. The first kappa shape index (κ1) is 22.5. The maximum atomic E-state index is 8.60. The number of rotatable bonds is 8. The molecule has 0 rings (SSSR count). The SMILES string of the molecule is CC(C)(C)CCCCCCCCCO.[Ru].[Ti]. The van der Waals surface area contributed by atoms with E-state index in [1.54, 1.807) is 0 Å². The molecule has 0 heterocycles. The van der Waals surface area contributed by atoms with Crippen molar-refractivity contribution in [2.75, 3.05) is 6.61 Å². The van der Waals surface area contributed by atoms with Crippen molar-refractivity contribution >= 4 is 0 Å². The summed E-state index contributed by atoms with van der Waals surface area (Å²) in [6.07, 6.45) is 10.3. The molecule has 0 saturated carbocycles. The molecule has 0 aliphatic heterocycles. The van der Waals surface area contributed by atoms with Gasteiger partial charge in [0, 0.05) is 47.8 Å². The fourth-order valence-electron chi connectivity index (χ4n) is 1.65. The van der Waals surface area contributed by atoms with E-state index in [9.17, 15) is 0 Å². The van der Waals surface area contributed by atoms with Crippen LogP contribution in [0, 0.1) is 5.41 Å². The quantitative estimate of drug-likeness (QED) is 0.516. The minimum absolute atomic E-state index is 0. The topological polar surface area (TPSA) is 20.2 Å². The second kappa shape index (κ2) is 14.4. The number of unbranched alkanes of at least 4 members (excludes halogenated alkanes) is 6. The number of hydrogen-bond donors (Lipinski definition) is 1. The van der Waals surface area contributed by atoms with Gasteiger partial charge in [0.25, 0.3) is 0 Å². The molecule has 0 spiro atoms. The van der Waals surface area contributed by atoms with Gasteiger partial charge in [-0.15, -0.1) is 0 Å². The Morgan fingerprint density at radius 2 is 1.12 bits per heavy atom. The van der Waals surface area contributed by atoms with Crippen molar-refractivity contribution < 1.29 is 46.3 Å². The average molecular weight is 349 g/mol. The van der Waals surface area contributed by atoms with E-state index in [4.69, 9.17) is 5.11 Å². The van der Waals surface area contributed by atoms with Crippen molar-refractivity contribution in [3.63, 3.8) is 0 Å². The van der Waals surface area contributed by atoms with Gasteiger partial charge in [-0.3, -0.25) is 0 Å². The molecule has 0 radical (unpaired) electrons. The third-order valence-corrected chi connectivity index (χ3v) is 2.58. The van der Waals surface area contributed by atoms with E-state index in [0.717, 1.165) is 6.42 Å². The third kappa shape index (κ3) is 20.7. The molecule has 16 heavy (non-hydrogen) atoms. The molecule has 0 aliphatic carbocycles. The van der Waals surface area contributed by atoms with Gasteiger partial charge in [0.15, 0.2) is 0 Å². The van der Waals surface area contributed by atoms with E-state index in [2.05, 4.69) is 20.8 Å². The van der Waals surface area contributed by atoms with Crippen molar-refractivity contribution in [3.05, 3.63) is 0 Å². The first-order chi connectivity index (χ1) is 6.56. The van der Waals surface area contributed by atoms with Gasteiger partial charge in [-0.2, -0.15) is 0 Å². The molecule has 0 aromatic rings. The predicted octanol–water partition coefficient (Wildman–Crippen LogP) is 4.14. The molecule has 1 N–H and O–H groups in total. The number of hydrogen-bond acceptors (Lipinski definition) is 1. The van der Waals surface area contributed by atoms with E-state index in [1.165, 1.54) is 44.9 Å². The summed E-state index contributed by atoms with van der Waals surface area (Å²) in [6, 6.07) is 0. The van der Waals surface area contributed by atoms with Crippen LogP contribution in [0.15, 0.2) is 0 Å². The van der Waals surface area contributed by atoms with E-state index < -0.39 is 0 Å². The van der Waals surface area contributed by atoms with Crippen LogP contribution in [-0.2, 0) is 41.2 Å². The standard InChI is InChI=1S/C13H28O.Ru.Ti/c1-13(2,3)11-9-7-5-4-6-8-10-12-14;;/h14H,4-12H2,1-3H3;;. The van der Waals surface area contributed by atoms with Crippen molar-refractivity contribution in [2.45, 2.75) is 72.1 Å². The fourth-order valence-corrected chi connectivity index (χ4v) is 1.65. The van der Waals surface area contributed by atoms with Gasteiger partial charge in [-0.1, -0.05) is 59.3 Å². The van der Waals surface area contributed by atoms with Gasteiger partial charge in [0.1, 0.15) is 0 Å². The number of aliphatic hydroxyl groups is 1. The van der Waals surface area contributed by atoms with Crippen LogP contribution < -0.4 is 0 Å². The Morgan fingerprint density at radius 1 is 0.750 bits per heavy atom. The van der Waals surface area contributed by atoms with Crippen LogP contribution in [0.5, 0.6) is 0 Å². The van der Waals surface area contributed by atoms with Gasteiger partial charge >= 0.3 is 0 Å². The molecular formula is C13H28ORuTi. The first-order valence-corrected chi connectivity index (χ1v) is 6.17. The molecule has 0 fully saturated rings. The summed E-state index contributed by atoms with van der Waals surface area (Å²) in [7, 11) is 0. The van der Waals surface area contributed by atoms with E-state index in [-0.39, 0.29) is 41.2 Å². The summed E-state index contributed by atoms with van der Waals surface area (Å²) in [4.78, 5) is 0. The van der Waals surface area contributed by atoms with Gasteiger partial charge in [0.2, 0.25) is 0 Å². The zero-order chi connectivity index (χ0) is 10.9. The largest absolute Gasteiger partial charge is 0.396 e. The molecule has 0 saturated heterocycles. The Kier molecular flexibility index (Phi) is 20.2. The second-order valence-electron chi connectivity index (χ2n) is 5.51. The van der Waals surface area contributed by atoms with Crippen LogP contribution in [0.25, 0.3) is 0 Å². The van der Waals surface area contributed by atoms with E-state index in [0.29, 0.717) is 12.0 Å². The minimum atomic E-state index is 0. The summed E-state index contributed by atoms with van der Waals surface area (Å²) in [5.74, 6) is 0. The van der Waals surface area contributed by atoms with Crippen molar-refractivity contribution in [3.8, 4) is 0 Å². The maximum Gasteiger partial charge on any atom is 0.0431 e. The Hall–Kier alpha value is 1.30. The Labute approximate surface area is 130 Å². The molecule has 0 aromatic carbocycles. The van der Waals surface area contributed by atoms with Crippen LogP contribution in [0.3, 0.4) is 0 Å². The number of aliphatic hydroxyl groups excluding tert-OH is 1. The molecule has 98 valence electrons. The molecule has 1 nitrogen and oxygen atoms in total. The zero-order valence-corrected chi connectivity index (χ0v) is 14.5. The van der Waals surface area contributed by atoms with Gasteiger partial charge in [-0.25, -0.2) is 0 Å². The Morgan fingerprint density at radius 3 is 1.50 bits per heavy atom. The van der Waals surface area contributed by atoms with Gasteiger partial charge < -0.3 is 5.11 Å². The molecule has 0 aliphatic rings. The Balaban J connectivity index is -0.000000845. The van der Waals surface area contributed by atoms with Crippen molar-refractivity contribution in [1.82, 2.24) is 0 Å². The zero-order valence-electron chi connectivity index (χ0n) is 11.2. The summed E-state index contributed by atoms with van der Waals surface area (Å²) in [6.45, 7) is 7.31. The van der Waals surface area contributed by atoms with Crippen molar-refractivity contribution in [2.24, 2.45) is 5.41 Å². The first-order valence-electron chi connectivity index (χ1n) is 6.17. The van der Waals surface area contributed by atoms with Gasteiger partial charge in [-0.05, 0) is 18.3 Å². The van der Waals surface area contributed by atoms with Crippen molar-refractivity contribution in [1.29, 1.82) is 0 Å².